The van der Waals surface area contributed by atoms with Crippen molar-refractivity contribution in [2.24, 2.45) is 0 Å². The van der Waals surface area contributed by atoms with Crippen LogP contribution < -0.4 is 10.2 Å². The van der Waals surface area contributed by atoms with E-state index in [1.54, 1.807) is 0 Å². The number of hydrogen-bond acceptors (Lipinski definition) is 4. The van der Waals surface area contributed by atoms with Crippen molar-refractivity contribution in [1.29, 1.82) is 0 Å². The molecule has 0 amide bonds. The molecule has 1 N–H and O–H groups in total. The van der Waals surface area contributed by atoms with E-state index in [2.05, 4.69) is 23.7 Å². The van der Waals surface area contributed by atoms with Gasteiger partial charge in [-0.2, -0.15) is 0 Å². The van der Waals surface area contributed by atoms with E-state index >= 15 is 0 Å². The van der Waals surface area contributed by atoms with Gasteiger partial charge in [0.15, 0.2) is 0 Å². The normalized spacial score (nSPS) is 19.4. The van der Waals surface area contributed by atoms with Gasteiger partial charge in [-0.05, 0) is 12.8 Å². The average molecular weight is 258 g/mol. The third-order valence-electron chi connectivity index (χ3n) is 4.00. The Balaban J connectivity index is 2.01. The Hall–Kier alpha value is -1.42. The van der Waals surface area contributed by atoms with Gasteiger partial charge in [-0.15, -0.1) is 0 Å². The van der Waals surface area contributed by atoms with Crippen molar-refractivity contribution in [3.63, 3.8) is 0 Å². The fourth-order valence-corrected chi connectivity index (χ4v) is 2.89. The molecule has 1 fully saturated rings. The molecule has 1 aromatic heterocycles. The van der Waals surface area contributed by atoms with E-state index < -0.39 is 0 Å². The zero-order valence-electron chi connectivity index (χ0n) is 11.7. The molecule has 1 aromatic rings. The van der Waals surface area contributed by atoms with Gasteiger partial charge in [-0.3, -0.25) is 0 Å². The summed E-state index contributed by atoms with van der Waals surface area (Å²) in [4.78, 5) is 12.0. The minimum absolute atomic E-state index is 0.902. The van der Waals surface area contributed by atoms with Gasteiger partial charge in [-0.1, -0.05) is 19.1 Å². The first-order valence-corrected chi connectivity index (χ1v) is 7.29. The van der Waals surface area contributed by atoms with E-state index in [0.29, 0.717) is 0 Å². The van der Waals surface area contributed by atoms with Crippen LogP contribution in [0.3, 0.4) is 0 Å². The number of allylic oxidation sites excluding steroid dienone is 1. The number of aryl methyl sites for hydroxylation is 1. The SMILES string of the molecule is C=C1CCc2c(nc(CC)nc2N2CCNCC2)C1. The Morgan fingerprint density at radius 2 is 2.00 bits per heavy atom. The van der Waals surface area contributed by atoms with Crippen molar-refractivity contribution in [2.45, 2.75) is 32.6 Å². The molecule has 0 atom stereocenters. The quantitative estimate of drug-likeness (QED) is 0.816. The highest BCUT2D eigenvalue weighted by Crippen LogP contribution is 2.30. The molecule has 0 saturated carbocycles. The van der Waals surface area contributed by atoms with Gasteiger partial charge in [0.2, 0.25) is 0 Å². The van der Waals surface area contributed by atoms with Crippen molar-refractivity contribution in [3.05, 3.63) is 29.2 Å². The molecule has 4 nitrogen and oxygen atoms in total. The van der Waals surface area contributed by atoms with Crippen LogP contribution in [0, 0.1) is 0 Å². The van der Waals surface area contributed by atoms with Crippen LogP contribution >= 0.6 is 0 Å². The molecule has 3 rings (SSSR count). The maximum Gasteiger partial charge on any atom is 0.135 e. The molecule has 102 valence electrons. The number of fused-ring (bicyclic) bond motifs is 1. The van der Waals surface area contributed by atoms with Gasteiger partial charge in [0.1, 0.15) is 11.6 Å². The van der Waals surface area contributed by atoms with Crippen molar-refractivity contribution in [1.82, 2.24) is 15.3 Å². The maximum absolute atomic E-state index is 4.81. The highest BCUT2D eigenvalue weighted by molar-refractivity contribution is 5.52. The van der Waals surface area contributed by atoms with E-state index in [0.717, 1.165) is 57.7 Å². The Bertz CT molecular complexity index is 489. The molecule has 19 heavy (non-hydrogen) atoms. The van der Waals surface area contributed by atoms with Crippen molar-refractivity contribution < 1.29 is 0 Å². The van der Waals surface area contributed by atoms with Crippen LogP contribution in [0.25, 0.3) is 0 Å². The third kappa shape index (κ3) is 2.50. The number of rotatable bonds is 2. The number of anilines is 1. The average Bonchev–Trinajstić information content (AvgIpc) is 2.46. The molecule has 2 aliphatic rings. The fourth-order valence-electron chi connectivity index (χ4n) is 2.89. The van der Waals surface area contributed by atoms with Gasteiger partial charge in [0.05, 0.1) is 5.69 Å². The summed E-state index contributed by atoms with van der Waals surface area (Å²) in [5, 5.41) is 3.40. The highest BCUT2D eigenvalue weighted by Gasteiger charge is 2.23. The van der Waals surface area contributed by atoms with E-state index in [1.807, 2.05) is 0 Å². The number of nitrogens with zero attached hydrogens (tertiary/aromatic N) is 3. The van der Waals surface area contributed by atoms with Crippen molar-refractivity contribution >= 4 is 5.82 Å². The molecule has 1 aliphatic carbocycles. The molecule has 0 spiro atoms. The van der Waals surface area contributed by atoms with Crippen molar-refractivity contribution in [3.8, 4) is 0 Å². The Labute approximate surface area is 114 Å². The molecular weight excluding hydrogens is 236 g/mol. The van der Waals surface area contributed by atoms with Crippen LogP contribution in [0.1, 0.15) is 30.4 Å². The monoisotopic (exact) mass is 258 g/mol. The van der Waals surface area contributed by atoms with Gasteiger partial charge < -0.3 is 10.2 Å². The van der Waals surface area contributed by atoms with Crippen LogP contribution in [0.15, 0.2) is 12.2 Å². The standard InChI is InChI=1S/C15H22N4/c1-3-14-17-13-10-11(2)4-5-12(13)15(18-14)19-8-6-16-7-9-19/h16H,2-10H2,1H3. The van der Waals surface area contributed by atoms with Gasteiger partial charge in [-0.25, -0.2) is 9.97 Å². The summed E-state index contributed by atoms with van der Waals surface area (Å²) in [6, 6.07) is 0. The minimum atomic E-state index is 0.902. The highest BCUT2D eigenvalue weighted by atomic mass is 15.2. The lowest BCUT2D eigenvalue weighted by Gasteiger charge is -2.32. The second kappa shape index (κ2) is 5.29. The van der Waals surface area contributed by atoms with E-state index in [9.17, 15) is 0 Å². The lowest BCUT2D eigenvalue weighted by Crippen LogP contribution is -2.44. The van der Waals surface area contributed by atoms with Crippen molar-refractivity contribution in [2.75, 3.05) is 31.1 Å². The fraction of sp³-hybridized carbons (Fsp3) is 0.600. The number of nitrogens with one attached hydrogen (secondary N) is 1. The van der Waals surface area contributed by atoms with Gasteiger partial charge in [0.25, 0.3) is 0 Å². The Morgan fingerprint density at radius 3 is 2.74 bits per heavy atom. The topological polar surface area (TPSA) is 41.1 Å². The van der Waals surface area contributed by atoms with Gasteiger partial charge in [0, 0.05) is 44.6 Å². The van der Waals surface area contributed by atoms with Crippen LogP contribution in [0.2, 0.25) is 0 Å². The Morgan fingerprint density at radius 1 is 1.21 bits per heavy atom. The summed E-state index contributed by atoms with van der Waals surface area (Å²) in [5.74, 6) is 2.16. The second-order valence-electron chi connectivity index (χ2n) is 5.41. The minimum Gasteiger partial charge on any atom is -0.354 e. The molecule has 0 unspecified atom stereocenters. The molecule has 0 radical (unpaired) electrons. The smallest absolute Gasteiger partial charge is 0.135 e. The first kappa shape index (κ1) is 12.6. The molecule has 0 aromatic carbocycles. The summed E-state index contributed by atoms with van der Waals surface area (Å²) < 4.78 is 0. The van der Waals surface area contributed by atoms with Crippen LogP contribution in [-0.2, 0) is 19.3 Å². The summed E-state index contributed by atoms with van der Waals surface area (Å²) in [5.41, 5.74) is 3.89. The zero-order chi connectivity index (χ0) is 13.2. The predicted octanol–water partition coefficient (Wildman–Crippen LogP) is 1.49. The first-order chi connectivity index (χ1) is 9.28. The predicted molar refractivity (Wildman–Crippen MR) is 77.7 cm³/mol. The van der Waals surface area contributed by atoms with Crippen LogP contribution in [0.4, 0.5) is 5.82 Å². The van der Waals surface area contributed by atoms with Crippen LogP contribution in [0.5, 0.6) is 0 Å². The zero-order valence-corrected chi connectivity index (χ0v) is 11.7. The second-order valence-corrected chi connectivity index (χ2v) is 5.41. The van der Waals surface area contributed by atoms with Crippen LogP contribution in [-0.4, -0.2) is 36.1 Å². The lowest BCUT2D eigenvalue weighted by molar-refractivity contribution is 0.579. The van der Waals surface area contributed by atoms with Gasteiger partial charge >= 0.3 is 0 Å². The molecule has 1 saturated heterocycles. The number of piperazine rings is 1. The summed E-state index contributed by atoms with van der Waals surface area (Å²) in [7, 11) is 0. The third-order valence-corrected chi connectivity index (χ3v) is 4.00. The first-order valence-electron chi connectivity index (χ1n) is 7.29. The summed E-state index contributed by atoms with van der Waals surface area (Å²) in [6.07, 6.45) is 3.97. The molecule has 2 heterocycles. The lowest BCUT2D eigenvalue weighted by atomic mass is 9.92. The van der Waals surface area contributed by atoms with E-state index in [-0.39, 0.29) is 0 Å². The summed E-state index contributed by atoms with van der Waals surface area (Å²) >= 11 is 0. The van der Waals surface area contributed by atoms with E-state index in [4.69, 9.17) is 9.97 Å². The molecule has 1 aliphatic heterocycles. The number of aromatic nitrogens is 2. The maximum atomic E-state index is 4.81. The summed E-state index contributed by atoms with van der Waals surface area (Å²) in [6.45, 7) is 10.4. The molecule has 0 bridgehead atoms. The van der Waals surface area contributed by atoms with E-state index in [1.165, 1.54) is 22.6 Å². The molecule has 4 heteroatoms. The Kier molecular flexibility index (Phi) is 3.51. The number of hydrogen-bond donors (Lipinski definition) is 1. The largest absolute Gasteiger partial charge is 0.354 e. The molecular formula is C15H22N4.